The topological polar surface area (TPSA) is 44.3 Å². The van der Waals surface area contributed by atoms with Gasteiger partial charge in [0.25, 0.3) is 0 Å². The van der Waals surface area contributed by atoms with Crippen LogP contribution >= 0.6 is 22.6 Å². The van der Waals surface area contributed by atoms with Crippen LogP contribution in [0.25, 0.3) is 16.8 Å². The molecule has 5 nitrogen and oxygen atoms in total. The Labute approximate surface area is 155 Å². The second kappa shape index (κ2) is 7.00. The van der Waals surface area contributed by atoms with E-state index in [1.807, 2.05) is 6.20 Å². The first-order valence-electron chi connectivity index (χ1n) is 8.88. The summed E-state index contributed by atoms with van der Waals surface area (Å²) in [5.74, 6) is 0.620. The standard InChI is InChI=1S/C18H23IN4O/c1-2-8-24-12-22-11-14(19)17-18(22)21-10-16-20-9-15(23(16)17)13-6-4-3-5-7-13/h9-11,13H,2-8,12H2,1H3. The fourth-order valence-electron chi connectivity index (χ4n) is 3.77. The van der Waals surface area contributed by atoms with Crippen LogP contribution in [0.4, 0.5) is 0 Å². The number of halogens is 1. The molecule has 3 aromatic rings. The van der Waals surface area contributed by atoms with Gasteiger partial charge in [-0.1, -0.05) is 26.2 Å². The number of aromatic nitrogens is 4. The maximum Gasteiger partial charge on any atom is 0.160 e. The van der Waals surface area contributed by atoms with Crippen molar-refractivity contribution in [3.63, 3.8) is 0 Å². The highest BCUT2D eigenvalue weighted by atomic mass is 127. The van der Waals surface area contributed by atoms with Crippen LogP contribution in [0, 0.1) is 3.57 Å². The molecule has 1 aliphatic carbocycles. The van der Waals surface area contributed by atoms with E-state index in [4.69, 9.17) is 4.74 Å². The van der Waals surface area contributed by atoms with Gasteiger partial charge in [0.15, 0.2) is 11.3 Å². The lowest BCUT2D eigenvalue weighted by molar-refractivity contribution is 0.0800. The molecule has 128 valence electrons. The molecule has 0 amide bonds. The number of nitrogens with zero attached hydrogens (tertiary/aromatic N) is 4. The predicted octanol–water partition coefficient (Wildman–Crippen LogP) is 4.72. The van der Waals surface area contributed by atoms with Gasteiger partial charge in [-0.25, -0.2) is 9.97 Å². The average molecular weight is 438 g/mol. The minimum Gasteiger partial charge on any atom is -0.361 e. The molecule has 1 fully saturated rings. The summed E-state index contributed by atoms with van der Waals surface area (Å²) in [7, 11) is 0. The van der Waals surface area contributed by atoms with E-state index in [0.717, 1.165) is 24.3 Å². The maximum absolute atomic E-state index is 5.73. The molecule has 0 spiro atoms. The number of hydrogen-bond donors (Lipinski definition) is 0. The van der Waals surface area contributed by atoms with E-state index < -0.39 is 0 Å². The first-order chi connectivity index (χ1) is 11.8. The third-order valence-corrected chi connectivity index (χ3v) is 5.71. The van der Waals surface area contributed by atoms with Crippen LogP contribution in [0.5, 0.6) is 0 Å². The summed E-state index contributed by atoms with van der Waals surface area (Å²) in [5.41, 5.74) is 4.46. The molecule has 0 atom stereocenters. The molecule has 24 heavy (non-hydrogen) atoms. The van der Waals surface area contributed by atoms with E-state index >= 15 is 0 Å². The Kier molecular flexibility index (Phi) is 4.76. The van der Waals surface area contributed by atoms with Gasteiger partial charge in [0, 0.05) is 30.6 Å². The molecule has 0 unspecified atom stereocenters. The summed E-state index contributed by atoms with van der Waals surface area (Å²) in [5, 5.41) is 0. The fourth-order valence-corrected chi connectivity index (χ4v) is 4.59. The lowest BCUT2D eigenvalue weighted by Crippen LogP contribution is -2.08. The zero-order valence-corrected chi connectivity index (χ0v) is 16.2. The first-order valence-corrected chi connectivity index (χ1v) is 9.96. The molecule has 0 saturated heterocycles. The van der Waals surface area contributed by atoms with Crippen molar-refractivity contribution in [2.75, 3.05) is 6.61 Å². The van der Waals surface area contributed by atoms with Gasteiger partial charge in [0.1, 0.15) is 12.2 Å². The smallest absolute Gasteiger partial charge is 0.160 e. The summed E-state index contributed by atoms with van der Waals surface area (Å²) in [4.78, 5) is 9.29. The van der Waals surface area contributed by atoms with Gasteiger partial charge in [-0.05, 0) is 41.9 Å². The number of fused-ring (bicyclic) bond motifs is 3. The molecular weight excluding hydrogens is 415 g/mol. The molecule has 0 radical (unpaired) electrons. The Bertz CT molecular complexity index is 848. The van der Waals surface area contributed by atoms with E-state index in [-0.39, 0.29) is 0 Å². The summed E-state index contributed by atoms with van der Waals surface area (Å²) in [6.07, 6.45) is 13.7. The second-order valence-corrected chi connectivity index (χ2v) is 7.79. The summed E-state index contributed by atoms with van der Waals surface area (Å²) in [6, 6.07) is 0. The van der Waals surface area contributed by atoms with Crippen molar-refractivity contribution < 1.29 is 4.74 Å². The van der Waals surface area contributed by atoms with Gasteiger partial charge in [0.2, 0.25) is 0 Å². The Morgan fingerprint density at radius 1 is 1.21 bits per heavy atom. The minimum atomic E-state index is 0.555. The van der Waals surface area contributed by atoms with Crippen LogP contribution in [0.15, 0.2) is 18.6 Å². The highest BCUT2D eigenvalue weighted by Gasteiger charge is 2.22. The molecule has 0 aromatic carbocycles. The Morgan fingerprint density at radius 2 is 2.04 bits per heavy atom. The molecule has 0 aliphatic heterocycles. The number of hydrogen-bond acceptors (Lipinski definition) is 3. The number of rotatable bonds is 5. The van der Waals surface area contributed by atoms with Crippen molar-refractivity contribution >= 4 is 39.4 Å². The van der Waals surface area contributed by atoms with Gasteiger partial charge >= 0.3 is 0 Å². The van der Waals surface area contributed by atoms with Gasteiger partial charge in [0.05, 0.1) is 9.77 Å². The van der Waals surface area contributed by atoms with Crippen molar-refractivity contribution in [3.05, 3.63) is 27.9 Å². The maximum atomic E-state index is 5.73. The van der Waals surface area contributed by atoms with Gasteiger partial charge in [-0.3, -0.25) is 4.40 Å². The second-order valence-electron chi connectivity index (χ2n) is 6.63. The zero-order chi connectivity index (χ0) is 16.5. The molecule has 0 bridgehead atoms. The third-order valence-electron chi connectivity index (χ3n) is 4.92. The minimum absolute atomic E-state index is 0.555. The molecule has 3 aromatic heterocycles. The van der Waals surface area contributed by atoms with Crippen molar-refractivity contribution in [2.24, 2.45) is 0 Å². The zero-order valence-electron chi connectivity index (χ0n) is 14.0. The fraction of sp³-hybridized carbons (Fsp3) is 0.556. The Hall–Kier alpha value is -1.15. The number of ether oxygens (including phenoxy) is 1. The third kappa shape index (κ3) is 2.83. The number of imidazole rings is 1. The van der Waals surface area contributed by atoms with Crippen molar-refractivity contribution in [2.45, 2.75) is 58.1 Å². The van der Waals surface area contributed by atoms with E-state index in [1.54, 1.807) is 0 Å². The lowest BCUT2D eigenvalue weighted by atomic mass is 9.87. The van der Waals surface area contributed by atoms with Gasteiger partial charge in [-0.2, -0.15) is 0 Å². The molecule has 4 rings (SSSR count). The average Bonchev–Trinajstić information content (AvgIpc) is 3.17. The Balaban J connectivity index is 1.82. The summed E-state index contributed by atoms with van der Waals surface area (Å²) in [6.45, 7) is 3.46. The van der Waals surface area contributed by atoms with Gasteiger partial charge < -0.3 is 9.30 Å². The molecule has 6 heteroatoms. The monoisotopic (exact) mass is 438 g/mol. The van der Waals surface area contributed by atoms with Gasteiger partial charge in [-0.15, -0.1) is 0 Å². The largest absolute Gasteiger partial charge is 0.361 e. The molecule has 0 N–H and O–H groups in total. The molecule has 1 saturated carbocycles. The van der Waals surface area contributed by atoms with E-state index in [0.29, 0.717) is 12.6 Å². The predicted molar refractivity (Wildman–Crippen MR) is 103 cm³/mol. The molecule has 3 heterocycles. The van der Waals surface area contributed by atoms with Crippen LogP contribution in [-0.2, 0) is 11.5 Å². The van der Waals surface area contributed by atoms with Crippen LogP contribution in [0.3, 0.4) is 0 Å². The van der Waals surface area contributed by atoms with Crippen LogP contribution in [0.2, 0.25) is 0 Å². The van der Waals surface area contributed by atoms with E-state index in [2.05, 4.69) is 60.8 Å². The summed E-state index contributed by atoms with van der Waals surface area (Å²) < 4.78 is 11.4. The van der Waals surface area contributed by atoms with Crippen molar-refractivity contribution in [3.8, 4) is 0 Å². The summed E-state index contributed by atoms with van der Waals surface area (Å²) >= 11 is 2.41. The normalized spacial score (nSPS) is 16.4. The van der Waals surface area contributed by atoms with Crippen molar-refractivity contribution in [1.82, 2.24) is 18.9 Å². The van der Waals surface area contributed by atoms with E-state index in [1.165, 1.54) is 46.9 Å². The van der Waals surface area contributed by atoms with Crippen LogP contribution in [-0.4, -0.2) is 25.5 Å². The van der Waals surface area contributed by atoms with Crippen LogP contribution in [0.1, 0.15) is 57.1 Å². The quantitative estimate of drug-likeness (QED) is 0.428. The van der Waals surface area contributed by atoms with Crippen molar-refractivity contribution in [1.29, 1.82) is 0 Å². The van der Waals surface area contributed by atoms with E-state index in [9.17, 15) is 0 Å². The Morgan fingerprint density at radius 3 is 2.83 bits per heavy atom. The van der Waals surface area contributed by atoms with Crippen LogP contribution < -0.4 is 0 Å². The SMILES string of the molecule is CCCOCn1cc(I)c2c1ncc1ncc(C3CCCCC3)n12. The highest BCUT2D eigenvalue weighted by Crippen LogP contribution is 2.34. The molecular formula is C18H23IN4O. The first kappa shape index (κ1) is 16.3. The molecule has 1 aliphatic rings. The highest BCUT2D eigenvalue weighted by molar-refractivity contribution is 14.1. The lowest BCUT2D eigenvalue weighted by Gasteiger charge is -2.21.